The van der Waals surface area contributed by atoms with E-state index < -0.39 is 5.97 Å². The third kappa shape index (κ3) is 1.65. The second kappa shape index (κ2) is 3.54. The normalized spacial score (nSPS) is 10.2. The minimum Gasteiger partial charge on any atom is -0.504 e. The van der Waals surface area contributed by atoms with Gasteiger partial charge in [0.15, 0.2) is 5.75 Å². The van der Waals surface area contributed by atoms with Crippen molar-refractivity contribution >= 4 is 11.9 Å². The summed E-state index contributed by atoms with van der Waals surface area (Å²) in [6, 6.07) is 1.35. The number of H-pyrrole nitrogens is 1. The second-order valence-electron chi connectivity index (χ2n) is 3.07. The number of carboxylic acids is 1. The van der Waals surface area contributed by atoms with E-state index in [0.717, 1.165) is 6.20 Å². The SMILES string of the molecule is Nc1ncc(O)c(-c2c[nH]c(C(=O)O)c2)n1. The number of carboxylic acid groups (broad SMARTS) is 1. The molecule has 16 heavy (non-hydrogen) atoms. The molecule has 0 fully saturated rings. The molecule has 2 aromatic rings. The first-order chi connectivity index (χ1) is 7.58. The van der Waals surface area contributed by atoms with E-state index >= 15 is 0 Å². The largest absolute Gasteiger partial charge is 0.504 e. The fourth-order valence-corrected chi connectivity index (χ4v) is 1.26. The van der Waals surface area contributed by atoms with Crippen LogP contribution in [0.5, 0.6) is 5.75 Å². The molecule has 2 rings (SSSR count). The number of nitrogen functional groups attached to an aromatic ring is 1. The van der Waals surface area contributed by atoms with E-state index in [0.29, 0.717) is 5.56 Å². The van der Waals surface area contributed by atoms with Gasteiger partial charge < -0.3 is 20.9 Å². The average Bonchev–Trinajstić information content (AvgIpc) is 2.70. The number of rotatable bonds is 2. The minimum atomic E-state index is -1.09. The summed E-state index contributed by atoms with van der Waals surface area (Å²) in [6.07, 6.45) is 2.58. The number of aromatic nitrogens is 3. The van der Waals surface area contributed by atoms with Crippen molar-refractivity contribution in [1.82, 2.24) is 15.0 Å². The molecule has 0 saturated heterocycles. The maximum atomic E-state index is 10.6. The molecule has 2 aromatic heterocycles. The van der Waals surface area contributed by atoms with Crippen LogP contribution in [0.2, 0.25) is 0 Å². The van der Waals surface area contributed by atoms with E-state index in [2.05, 4.69) is 15.0 Å². The van der Waals surface area contributed by atoms with Gasteiger partial charge in [-0.3, -0.25) is 0 Å². The van der Waals surface area contributed by atoms with Crippen LogP contribution in [0.4, 0.5) is 5.95 Å². The molecule has 0 saturated carbocycles. The molecule has 0 aliphatic rings. The molecule has 0 atom stereocenters. The molecule has 0 radical (unpaired) electrons. The zero-order chi connectivity index (χ0) is 11.7. The Balaban J connectivity index is 2.50. The molecule has 0 unspecified atom stereocenters. The summed E-state index contributed by atoms with van der Waals surface area (Å²) in [6.45, 7) is 0. The summed E-state index contributed by atoms with van der Waals surface area (Å²) < 4.78 is 0. The van der Waals surface area contributed by atoms with Gasteiger partial charge in [-0.05, 0) is 6.07 Å². The number of aromatic hydroxyl groups is 1. The standard InChI is InChI=1S/C9H8N4O3/c10-9-12-3-6(14)7(13-9)4-1-5(8(15)16)11-2-4/h1-3,11,14H,(H,15,16)(H2,10,12,13). The Morgan fingerprint density at radius 2 is 2.25 bits per heavy atom. The van der Waals surface area contributed by atoms with Crippen molar-refractivity contribution in [1.29, 1.82) is 0 Å². The number of nitrogens with zero attached hydrogens (tertiary/aromatic N) is 2. The highest BCUT2D eigenvalue weighted by molar-refractivity contribution is 5.87. The summed E-state index contributed by atoms with van der Waals surface area (Å²) in [5.41, 5.74) is 6.00. The molecule has 0 aliphatic carbocycles. The lowest BCUT2D eigenvalue weighted by Crippen LogP contribution is -1.96. The average molecular weight is 220 g/mol. The smallest absolute Gasteiger partial charge is 0.352 e. The van der Waals surface area contributed by atoms with Gasteiger partial charge in [0.1, 0.15) is 11.4 Å². The Morgan fingerprint density at radius 1 is 1.50 bits per heavy atom. The molecule has 0 spiro atoms. The number of carbonyl (C=O) groups is 1. The summed E-state index contributed by atoms with van der Waals surface area (Å²) >= 11 is 0. The molecule has 0 amide bonds. The van der Waals surface area contributed by atoms with Crippen molar-refractivity contribution in [3.05, 3.63) is 24.2 Å². The van der Waals surface area contributed by atoms with Crippen LogP contribution in [-0.2, 0) is 0 Å². The number of nitrogens with two attached hydrogens (primary N) is 1. The Hall–Kier alpha value is -2.57. The summed E-state index contributed by atoms with van der Waals surface area (Å²) in [5.74, 6) is -1.25. The molecule has 82 valence electrons. The highest BCUT2D eigenvalue weighted by atomic mass is 16.4. The Labute approximate surface area is 89.6 Å². The maximum absolute atomic E-state index is 10.6. The highest BCUT2D eigenvalue weighted by Crippen LogP contribution is 2.27. The quantitative estimate of drug-likeness (QED) is 0.582. The Bertz CT molecular complexity index is 549. The van der Waals surface area contributed by atoms with E-state index in [-0.39, 0.29) is 23.1 Å². The first-order valence-corrected chi connectivity index (χ1v) is 4.31. The van der Waals surface area contributed by atoms with Gasteiger partial charge in [-0.1, -0.05) is 0 Å². The number of aromatic amines is 1. The molecule has 0 bridgehead atoms. The van der Waals surface area contributed by atoms with Crippen LogP contribution in [0.15, 0.2) is 18.5 Å². The molecule has 0 aliphatic heterocycles. The Morgan fingerprint density at radius 3 is 2.88 bits per heavy atom. The molecule has 2 heterocycles. The molecule has 5 N–H and O–H groups in total. The van der Waals surface area contributed by atoms with Crippen LogP contribution in [0.3, 0.4) is 0 Å². The van der Waals surface area contributed by atoms with E-state index in [4.69, 9.17) is 10.8 Å². The van der Waals surface area contributed by atoms with Crippen LogP contribution in [0.1, 0.15) is 10.5 Å². The van der Waals surface area contributed by atoms with Crippen LogP contribution in [0.25, 0.3) is 11.3 Å². The first-order valence-electron chi connectivity index (χ1n) is 4.31. The van der Waals surface area contributed by atoms with Crippen LogP contribution in [0, 0.1) is 0 Å². The number of anilines is 1. The lowest BCUT2D eigenvalue weighted by atomic mass is 10.2. The zero-order valence-electron chi connectivity index (χ0n) is 8.01. The number of nitrogens with one attached hydrogen (secondary N) is 1. The fraction of sp³-hybridized carbons (Fsp3) is 0. The number of hydrogen-bond donors (Lipinski definition) is 4. The Kier molecular flexibility index (Phi) is 2.20. The lowest BCUT2D eigenvalue weighted by Gasteiger charge is -2.00. The predicted molar refractivity (Wildman–Crippen MR) is 54.9 cm³/mol. The van der Waals surface area contributed by atoms with Gasteiger partial charge in [-0.15, -0.1) is 0 Å². The zero-order valence-corrected chi connectivity index (χ0v) is 8.01. The maximum Gasteiger partial charge on any atom is 0.352 e. The van der Waals surface area contributed by atoms with Gasteiger partial charge in [0.05, 0.1) is 6.20 Å². The molecule has 0 aromatic carbocycles. The highest BCUT2D eigenvalue weighted by Gasteiger charge is 2.12. The van der Waals surface area contributed by atoms with Crippen molar-refractivity contribution in [2.75, 3.05) is 5.73 Å². The fourth-order valence-electron chi connectivity index (χ4n) is 1.26. The molecule has 7 heteroatoms. The van der Waals surface area contributed by atoms with Crippen LogP contribution < -0.4 is 5.73 Å². The van der Waals surface area contributed by atoms with Gasteiger partial charge in [0.25, 0.3) is 0 Å². The molecular weight excluding hydrogens is 212 g/mol. The predicted octanol–water partition coefficient (Wildman–Crippen LogP) is 0.458. The van der Waals surface area contributed by atoms with Crippen molar-refractivity contribution in [3.63, 3.8) is 0 Å². The second-order valence-corrected chi connectivity index (χ2v) is 3.07. The van der Waals surface area contributed by atoms with Gasteiger partial charge in [0.2, 0.25) is 5.95 Å². The third-order valence-electron chi connectivity index (χ3n) is 1.97. The van der Waals surface area contributed by atoms with Crippen molar-refractivity contribution in [2.24, 2.45) is 0 Å². The van der Waals surface area contributed by atoms with Gasteiger partial charge in [0, 0.05) is 11.8 Å². The summed E-state index contributed by atoms with van der Waals surface area (Å²) in [7, 11) is 0. The number of hydrogen-bond acceptors (Lipinski definition) is 5. The van der Waals surface area contributed by atoms with E-state index in [1.54, 1.807) is 0 Å². The third-order valence-corrected chi connectivity index (χ3v) is 1.97. The monoisotopic (exact) mass is 220 g/mol. The minimum absolute atomic E-state index is 0.00544. The van der Waals surface area contributed by atoms with Crippen molar-refractivity contribution in [3.8, 4) is 17.0 Å². The van der Waals surface area contributed by atoms with Crippen molar-refractivity contribution < 1.29 is 15.0 Å². The van der Waals surface area contributed by atoms with Gasteiger partial charge in [-0.25, -0.2) is 14.8 Å². The van der Waals surface area contributed by atoms with Crippen LogP contribution in [-0.4, -0.2) is 31.1 Å². The topological polar surface area (TPSA) is 125 Å². The van der Waals surface area contributed by atoms with E-state index in [1.165, 1.54) is 12.3 Å². The van der Waals surface area contributed by atoms with E-state index in [9.17, 15) is 9.90 Å². The molecular formula is C9H8N4O3. The lowest BCUT2D eigenvalue weighted by molar-refractivity contribution is 0.0691. The first kappa shape index (κ1) is 9.97. The van der Waals surface area contributed by atoms with Gasteiger partial charge in [-0.2, -0.15) is 0 Å². The summed E-state index contributed by atoms with van der Waals surface area (Å²) in [4.78, 5) is 20.6. The van der Waals surface area contributed by atoms with Crippen LogP contribution >= 0.6 is 0 Å². The summed E-state index contributed by atoms with van der Waals surface area (Å²) in [5, 5.41) is 18.2. The van der Waals surface area contributed by atoms with Crippen molar-refractivity contribution in [2.45, 2.75) is 0 Å². The number of aromatic carboxylic acids is 1. The van der Waals surface area contributed by atoms with E-state index in [1.807, 2.05) is 0 Å². The van der Waals surface area contributed by atoms with Gasteiger partial charge >= 0.3 is 5.97 Å². The molecule has 7 nitrogen and oxygen atoms in total.